The Labute approximate surface area is 128 Å². The molecular weight excluding hydrogens is 278 g/mol. The molecule has 5 nitrogen and oxygen atoms in total. The standard InChI is InChI=1S/C17H17N3O2/c1-12-4-2-3-5-13(12)10-11-19-17(22)20-16(21)14-6-8-15(18)9-7-14/h2-11H,18H2,1H3,(H2,19,20,21,22)/b11-10+. The second kappa shape index (κ2) is 7.08. The molecule has 0 unspecified atom stereocenters. The van der Waals surface area contributed by atoms with Gasteiger partial charge in [0.25, 0.3) is 5.91 Å². The minimum atomic E-state index is -0.591. The fraction of sp³-hybridized carbons (Fsp3) is 0.0588. The fourth-order valence-electron chi connectivity index (χ4n) is 1.83. The van der Waals surface area contributed by atoms with Crippen molar-refractivity contribution in [1.82, 2.24) is 10.6 Å². The number of nitrogen functional groups attached to an aromatic ring is 1. The van der Waals surface area contributed by atoms with E-state index in [0.717, 1.165) is 11.1 Å². The van der Waals surface area contributed by atoms with Gasteiger partial charge in [0, 0.05) is 17.5 Å². The number of nitrogens with two attached hydrogens (primary N) is 1. The first-order valence-corrected chi connectivity index (χ1v) is 6.76. The van der Waals surface area contributed by atoms with Crippen LogP contribution in [0.5, 0.6) is 0 Å². The summed E-state index contributed by atoms with van der Waals surface area (Å²) in [7, 11) is 0. The van der Waals surface area contributed by atoms with E-state index in [1.807, 2.05) is 31.2 Å². The van der Waals surface area contributed by atoms with Crippen molar-refractivity contribution in [1.29, 1.82) is 0 Å². The maximum absolute atomic E-state index is 11.8. The van der Waals surface area contributed by atoms with E-state index in [1.54, 1.807) is 30.3 Å². The topological polar surface area (TPSA) is 84.2 Å². The smallest absolute Gasteiger partial charge is 0.325 e. The highest BCUT2D eigenvalue weighted by Crippen LogP contribution is 2.08. The van der Waals surface area contributed by atoms with E-state index < -0.39 is 11.9 Å². The van der Waals surface area contributed by atoms with Crippen molar-refractivity contribution in [2.75, 3.05) is 5.73 Å². The molecule has 22 heavy (non-hydrogen) atoms. The van der Waals surface area contributed by atoms with Crippen LogP contribution in [0.25, 0.3) is 6.08 Å². The van der Waals surface area contributed by atoms with Crippen LogP contribution < -0.4 is 16.4 Å². The maximum atomic E-state index is 11.8. The molecular formula is C17H17N3O2. The third-order valence-electron chi connectivity index (χ3n) is 3.07. The highest BCUT2D eigenvalue weighted by atomic mass is 16.2. The summed E-state index contributed by atoms with van der Waals surface area (Å²) in [6.07, 6.45) is 3.26. The Bertz CT molecular complexity index is 706. The molecule has 0 radical (unpaired) electrons. The summed E-state index contributed by atoms with van der Waals surface area (Å²) in [5.74, 6) is -0.484. The van der Waals surface area contributed by atoms with E-state index in [0.29, 0.717) is 11.3 Å². The molecule has 0 fully saturated rings. The number of aryl methyl sites for hydroxylation is 1. The number of urea groups is 1. The number of hydrogen-bond acceptors (Lipinski definition) is 3. The van der Waals surface area contributed by atoms with Crippen molar-refractivity contribution in [2.24, 2.45) is 0 Å². The quantitative estimate of drug-likeness (QED) is 0.761. The fourth-order valence-corrected chi connectivity index (χ4v) is 1.83. The first kappa shape index (κ1) is 15.3. The number of carbonyl (C=O) groups is 2. The number of amides is 3. The van der Waals surface area contributed by atoms with E-state index in [1.165, 1.54) is 6.20 Å². The average molecular weight is 295 g/mol. The van der Waals surface area contributed by atoms with E-state index in [-0.39, 0.29) is 0 Å². The van der Waals surface area contributed by atoms with Gasteiger partial charge >= 0.3 is 6.03 Å². The molecule has 0 aliphatic carbocycles. The van der Waals surface area contributed by atoms with Gasteiger partial charge in [-0.15, -0.1) is 0 Å². The lowest BCUT2D eigenvalue weighted by atomic mass is 10.1. The Balaban J connectivity index is 1.89. The van der Waals surface area contributed by atoms with Crippen molar-refractivity contribution in [3.63, 3.8) is 0 Å². The minimum absolute atomic E-state index is 0.368. The molecule has 0 atom stereocenters. The van der Waals surface area contributed by atoms with Gasteiger partial charge < -0.3 is 11.1 Å². The SMILES string of the molecule is Cc1ccccc1/C=C/NC(=O)NC(=O)c1ccc(N)cc1. The number of benzene rings is 2. The predicted octanol–water partition coefficient (Wildman–Crippen LogP) is 2.69. The molecule has 112 valence electrons. The number of nitrogens with one attached hydrogen (secondary N) is 2. The van der Waals surface area contributed by atoms with Crippen LogP contribution in [0.2, 0.25) is 0 Å². The van der Waals surface area contributed by atoms with Crippen molar-refractivity contribution in [3.05, 3.63) is 71.4 Å². The highest BCUT2D eigenvalue weighted by molar-refractivity contribution is 6.04. The van der Waals surface area contributed by atoms with E-state index in [2.05, 4.69) is 10.6 Å². The summed E-state index contributed by atoms with van der Waals surface area (Å²) in [5.41, 5.74) is 8.56. The van der Waals surface area contributed by atoms with E-state index in [4.69, 9.17) is 5.73 Å². The molecule has 0 bridgehead atoms. The zero-order valence-electron chi connectivity index (χ0n) is 12.2. The molecule has 0 heterocycles. The molecule has 3 amide bonds. The van der Waals surface area contributed by atoms with Crippen LogP contribution in [0.15, 0.2) is 54.7 Å². The Morgan fingerprint density at radius 1 is 1.05 bits per heavy atom. The number of rotatable bonds is 3. The van der Waals surface area contributed by atoms with Crippen LogP contribution in [-0.2, 0) is 0 Å². The lowest BCUT2D eigenvalue weighted by Gasteiger charge is -2.04. The van der Waals surface area contributed by atoms with Crippen molar-refractivity contribution < 1.29 is 9.59 Å². The van der Waals surface area contributed by atoms with Gasteiger partial charge in [-0.25, -0.2) is 4.79 Å². The molecule has 2 rings (SSSR count). The van der Waals surface area contributed by atoms with Crippen LogP contribution in [0.1, 0.15) is 21.5 Å². The molecule has 2 aromatic carbocycles. The van der Waals surface area contributed by atoms with Gasteiger partial charge in [-0.3, -0.25) is 10.1 Å². The van der Waals surface area contributed by atoms with E-state index >= 15 is 0 Å². The van der Waals surface area contributed by atoms with Gasteiger partial charge in [0.1, 0.15) is 0 Å². The Hall–Kier alpha value is -3.08. The second-order valence-electron chi connectivity index (χ2n) is 4.74. The molecule has 0 spiro atoms. The summed E-state index contributed by atoms with van der Waals surface area (Å²) < 4.78 is 0. The monoisotopic (exact) mass is 295 g/mol. The Morgan fingerprint density at radius 2 is 1.73 bits per heavy atom. The molecule has 0 aliphatic heterocycles. The third-order valence-corrected chi connectivity index (χ3v) is 3.07. The molecule has 0 aromatic heterocycles. The van der Waals surface area contributed by atoms with Gasteiger partial charge in [0.15, 0.2) is 0 Å². The molecule has 0 saturated heterocycles. The first-order chi connectivity index (χ1) is 10.6. The molecule has 2 aromatic rings. The molecule has 5 heteroatoms. The number of carbonyl (C=O) groups excluding carboxylic acids is 2. The molecule has 0 saturated carbocycles. The minimum Gasteiger partial charge on any atom is -0.399 e. The number of imide groups is 1. The van der Waals surface area contributed by atoms with Crippen molar-refractivity contribution in [2.45, 2.75) is 6.92 Å². The summed E-state index contributed by atoms with van der Waals surface area (Å²) in [5, 5.41) is 4.73. The highest BCUT2D eigenvalue weighted by Gasteiger charge is 2.08. The molecule has 0 aliphatic rings. The normalized spacial score (nSPS) is 10.4. The molecule has 4 N–H and O–H groups in total. The largest absolute Gasteiger partial charge is 0.399 e. The van der Waals surface area contributed by atoms with E-state index in [9.17, 15) is 9.59 Å². The number of hydrogen-bond donors (Lipinski definition) is 3. The zero-order chi connectivity index (χ0) is 15.9. The van der Waals surface area contributed by atoms with Gasteiger partial charge in [-0.2, -0.15) is 0 Å². The second-order valence-corrected chi connectivity index (χ2v) is 4.74. The third kappa shape index (κ3) is 4.21. The zero-order valence-corrected chi connectivity index (χ0v) is 12.2. The maximum Gasteiger partial charge on any atom is 0.325 e. The predicted molar refractivity (Wildman–Crippen MR) is 87.1 cm³/mol. The van der Waals surface area contributed by atoms with Crippen molar-refractivity contribution in [3.8, 4) is 0 Å². The van der Waals surface area contributed by atoms with Gasteiger partial charge in [0.05, 0.1) is 0 Å². The first-order valence-electron chi connectivity index (χ1n) is 6.76. The summed E-state index contributed by atoms with van der Waals surface area (Å²) in [6.45, 7) is 1.98. The van der Waals surface area contributed by atoms with Gasteiger partial charge in [-0.05, 0) is 48.4 Å². The number of anilines is 1. The van der Waals surface area contributed by atoms with Crippen LogP contribution in [0.3, 0.4) is 0 Å². The van der Waals surface area contributed by atoms with Gasteiger partial charge in [0.2, 0.25) is 0 Å². The Kier molecular flexibility index (Phi) is 4.93. The lowest BCUT2D eigenvalue weighted by Crippen LogP contribution is -2.36. The average Bonchev–Trinajstić information content (AvgIpc) is 2.50. The van der Waals surface area contributed by atoms with Crippen LogP contribution in [0, 0.1) is 6.92 Å². The van der Waals surface area contributed by atoms with Crippen LogP contribution in [0.4, 0.5) is 10.5 Å². The summed E-state index contributed by atoms with van der Waals surface area (Å²) in [4.78, 5) is 23.5. The van der Waals surface area contributed by atoms with Gasteiger partial charge in [-0.1, -0.05) is 24.3 Å². The van der Waals surface area contributed by atoms with Crippen LogP contribution >= 0.6 is 0 Å². The van der Waals surface area contributed by atoms with Crippen molar-refractivity contribution >= 4 is 23.7 Å². The summed E-state index contributed by atoms with van der Waals surface area (Å²) >= 11 is 0. The lowest BCUT2D eigenvalue weighted by molar-refractivity contribution is 0.0965. The van der Waals surface area contributed by atoms with Crippen LogP contribution in [-0.4, -0.2) is 11.9 Å². The summed E-state index contributed by atoms with van der Waals surface area (Å²) in [6, 6.07) is 13.5. The Morgan fingerprint density at radius 3 is 2.41 bits per heavy atom.